The smallest absolute Gasteiger partial charge is 0.127 e. The van der Waals surface area contributed by atoms with Crippen LogP contribution in [0.25, 0.3) is 0 Å². The molecule has 0 aromatic heterocycles. The number of nitrogens with zero attached hydrogens (tertiary/aromatic N) is 1. The topological polar surface area (TPSA) is 38.5 Å². The second-order valence-corrected chi connectivity index (χ2v) is 7.06. The van der Waals surface area contributed by atoms with E-state index in [1.807, 2.05) is 0 Å². The van der Waals surface area contributed by atoms with Crippen molar-refractivity contribution in [3.05, 3.63) is 27.7 Å². The fraction of sp³-hybridized carbons (Fsp3) is 0.625. The van der Waals surface area contributed by atoms with E-state index in [0.717, 1.165) is 36.3 Å². The van der Waals surface area contributed by atoms with Crippen LogP contribution in [0.3, 0.4) is 0 Å². The third kappa shape index (κ3) is 3.92. The lowest BCUT2D eigenvalue weighted by Gasteiger charge is -2.34. The zero-order chi connectivity index (χ0) is 14.1. The van der Waals surface area contributed by atoms with E-state index in [1.165, 1.54) is 30.5 Å². The lowest BCUT2D eigenvalue weighted by Crippen LogP contribution is -2.41. The van der Waals surface area contributed by atoms with Crippen LogP contribution in [0.15, 0.2) is 16.6 Å². The van der Waals surface area contributed by atoms with Gasteiger partial charge in [-0.2, -0.15) is 0 Å². The molecule has 2 heterocycles. The van der Waals surface area contributed by atoms with E-state index in [0.29, 0.717) is 12.0 Å². The summed E-state index contributed by atoms with van der Waals surface area (Å²) >= 11 is 3.62. The Kier molecular flexibility index (Phi) is 5.95. The molecule has 1 aromatic rings. The van der Waals surface area contributed by atoms with E-state index in [4.69, 9.17) is 10.5 Å². The van der Waals surface area contributed by atoms with Crippen molar-refractivity contribution >= 4 is 28.3 Å². The first-order valence-corrected chi connectivity index (χ1v) is 8.35. The summed E-state index contributed by atoms with van der Waals surface area (Å²) in [5.74, 6) is 1.75. The van der Waals surface area contributed by atoms with Crippen molar-refractivity contribution in [3.8, 4) is 5.75 Å². The van der Waals surface area contributed by atoms with Crippen molar-refractivity contribution < 1.29 is 4.74 Å². The molecule has 2 aliphatic rings. The first-order valence-electron chi connectivity index (χ1n) is 7.55. The number of hydrogen-bond donors (Lipinski definition) is 1. The Hall–Kier alpha value is -0.290. The molecule has 2 unspecified atom stereocenters. The number of hydrogen-bond acceptors (Lipinski definition) is 3. The first-order chi connectivity index (χ1) is 9.63. The Balaban J connectivity index is 0.00000161. The van der Waals surface area contributed by atoms with E-state index < -0.39 is 0 Å². The van der Waals surface area contributed by atoms with Crippen LogP contribution < -0.4 is 10.5 Å². The maximum absolute atomic E-state index is 6.08. The Morgan fingerprint density at radius 1 is 1.48 bits per heavy atom. The standard InChI is InChI=1S/C16H23BrN2O.ClH/c1-11(18)13-3-2-5-19(9-13)10-14-8-15(17)7-12-4-6-20-16(12)14;/h7-8,11,13H,2-6,9-10,18H2,1H3;1H. The van der Waals surface area contributed by atoms with Crippen LogP contribution in [0, 0.1) is 5.92 Å². The van der Waals surface area contributed by atoms with Gasteiger partial charge in [-0.15, -0.1) is 12.4 Å². The summed E-state index contributed by atoms with van der Waals surface area (Å²) in [4.78, 5) is 2.53. The van der Waals surface area contributed by atoms with Gasteiger partial charge in [0.1, 0.15) is 5.75 Å². The summed E-state index contributed by atoms with van der Waals surface area (Å²) in [5, 5.41) is 0. The van der Waals surface area contributed by atoms with E-state index in [2.05, 4.69) is 39.9 Å². The molecule has 118 valence electrons. The van der Waals surface area contributed by atoms with E-state index in [-0.39, 0.29) is 12.4 Å². The largest absolute Gasteiger partial charge is 0.493 e. The summed E-state index contributed by atoms with van der Waals surface area (Å²) < 4.78 is 6.99. The number of rotatable bonds is 3. The van der Waals surface area contributed by atoms with Crippen LogP contribution in [-0.2, 0) is 13.0 Å². The van der Waals surface area contributed by atoms with Crippen molar-refractivity contribution in [2.45, 2.75) is 38.8 Å². The van der Waals surface area contributed by atoms with E-state index in [9.17, 15) is 0 Å². The van der Waals surface area contributed by atoms with Gasteiger partial charge in [0.05, 0.1) is 6.61 Å². The van der Waals surface area contributed by atoms with Crippen LogP contribution in [-0.4, -0.2) is 30.6 Å². The van der Waals surface area contributed by atoms with Gasteiger partial charge in [0.2, 0.25) is 0 Å². The Bertz CT molecular complexity index is 495. The van der Waals surface area contributed by atoms with Gasteiger partial charge in [-0.05, 0) is 49.9 Å². The lowest BCUT2D eigenvalue weighted by molar-refractivity contribution is 0.153. The quantitative estimate of drug-likeness (QED) is 0.880. The molecular formula is C16H24BrClN2O. The maximum atomic E-state index is 6.08. The zero-order valence-corrected chi connectivity index (χ0v) is 14.9. The van der Waals surface area contributed by atoms with Gasteiger partial charge in [0, 0.05) is 35.6 Å². The van der Waals surface area contributed by atoms with Gasteiger partial charge in [0.25, 0.3) is 0 Å². The minimum absolute atomic E-state index is 0. The lowest BCUT2D eigenvalue weighted by atomic mass is 9.92. The van der Waals surface area contributed by atoms with Gasteiger partial charge in [-0.25, -0.2) is 0 Å². The molecule has 5 heteroatoms. The molecule has 3 nitrogen and oxygen atoms in total. The van der Waals surface area contributed by atoms with Crippen molar-refractivity contribution in [2.24, 2.45) is 11.7 Å². The molecule has 1 aromatic carbocycles. The van der Waals surface area contributed by atoms with Gasteiger partial charge in [-0.3, -0.25) is 4.90 Å². The molecule has 0 saturated carbocycles. The van der Waals surface area contributed by atoms with Crippen molar-refractivity contribution in [3.63, 3.8) is 0 Å². The molecule has 0 aliphatic carbocycles. The molecule has 2 aliphatic heterocycles. The summed E-state index contributed by atoms with van der Waals surface area (Å²) in [6.45, 7) is 6.21. The minimum atomic E-state index is 0. The molecule has 1 saturated heterocycles. The first kappa shape index (κ1) is 17.1. The zero-order valence-electron chi connectivity index (χ0n) is 12.5. The molecule has 2 N–H and O–H groups in total. The van der Waals surface area contributed by atoms with E-state index in [1.54, 1.807) is 0 Å². The molecule has 0 spiro atoms. The summed E-state index contributed by atoms with van der Waals surface area (Å²) in [6, 6.07) is 4.69. The van der Waals surface area contributed by atoms with Crippen LogP contribution in [0.1, 0.15) is 30.9 Å². The van der Waals surface area contributed by atoms with Gasteiger partial charge in [0.15, 0.2) is 0 Å². The fourth-order valence-electron chi connectivity index (χ4n) is 3.37. The number of ether oxygens (including phenoxy) is 1. The highest BCUT2D eigenvalue weighted by atomic mass is 79.9. The third-order valence-corrected chi connectivity index (χ3v) is 4.96. The van der Waals surface area contributed by atoms with Gasteiger partial charge >= 0.3 is 0 Å². The third-order valence-electron chi connectivity index (χ3n) is 4.50. The summed E-state index contributed by atoms with van der Waals surface area (Å²) in [5.41, 5.74) is 8.74. The minimum Gasteiger partial charge on any atom is -0.493 e. The highest BCUT2D eigenvalue weighted by molar-refractivity contribution is 9.10. The van der Waals surface area contributed by atoms with Crippen LogP contribution in [0.2, 0.25) is 0 Å². The molecule has 21 heavy (non-hydrogen) atoms. The second kappa shape index (κ2) is 7.32. The average molecular weight is 376 g/mol. The average Bonchev–Trinajstić information content (AvgIpc) is 2.87. The number of nitrogens with two attached hydrogens (primary N) is 1. The maximum Gasteiger partial charge on any atom is 0.127 e. The number of benzene rings is 1. The SMILES string of the molecule is CC(N)C1CCCN(Cc2cc(Br)cc3c2OCC3)C1.Cl. The molecule has 0 bridgehead atoms. The molecule has 1 fully saturated rings. The molecule has 3 rings (SSSR count). The summed E-state index contributed by atoms with van der Waals surface area (Å²) in [7, 11) is 0. The number of piperidine rings is 1. The van der Waals surface area contributed by atoms with Crippen molar-refractivity contribution in [1.29, 1.82) is 0 Å². The Morgan fingerprint density at radius 2 is 2.29 bits per heavy atom. The van der Waals surface area contributed by atoms with Crippen LogP contribution in [0.5, 0.6) is 5.75 Å². The van der Waals surface area contributed by atoms with Crippen molar-refractivity contribution in [1.82, 2.24) is 4.90 Å². The number of halogens is 2. The molecule has 0 radical (unpaired) electrons. The molecule has 2 atom stereocenters. The van der Waals surface area contributed by atoms with E-state index >= 15 is 0 Å². The molecular weight excluding hydrogens is 352 g/mol. The van der Waals surface area contributed by atoms with Crippen LogP contribution in [0.4, 0.5) is 0 Å². The number of likely N-dealkylation sites (tertiary alicyclic amines) is 1. The fourth-order valence-corrected chi connectivity index (χ4v) is 3.92. The van der Waals surface area contributed by atoms with Crippen molar-refractivity contribution in [2.75, 3.05) is 19.7 Å². The van der Waals surface area contributed by atoms with Gasteiger partial charge < -0.3 is 10.5 Å². The highest BCUT2D eigenvalue weighted by Gasteiger charge is 2.25. The predicted molar refractivity (Wildman–Crippen MR) is 92.2 cm³/mol. The highest BCUT2D eigenvalue weighted by Crippen LogP contribution is 2.34. The molecule has 0 amide bonds. The number of fused-ring (bicyclic) bond motifs is 1. The Labute approximate surface area is 141 Å². The normalized spacial score (nSPS) is 23.1. The summed E-state index contributed by atoms with van der Waals surface area (Å²) in [6.07, 6.45) is 3.55. The Morgan fingerprint density at radius 3 is 3.05 bits per heavy atom. The predicted octanol–water partition coefficient (Wildman–Crippen LogP) is 3.37. The monoisotopic (exact) mass is 374 g/mol. The van der Waals surface area contributed by atoms with Crippen LogP contribution >= 0.6 is 28.3 Å². The second-order valence-electron chi connectivity index (χ2n) is 6.15. The van der Waals surface area contributed by atoms with Gasteiger partial charge in [-0.1, -0.05) is 15.9 Å².